The Kier molecular flexibility index (Phi) is 3.02. The maximum Gasteiger partial charge on any atom is 0.106 e. The van der Waals surface area contributed by atoms with Crippen molar-refractivity contribution in [1.82, 2.24) is 15.0 Å². The smallest absolute Gasteiger partial charge is 0.106 e. The van der Waals surface area contributed by atoms with Crippen molar-refractivity contribution in [2.75, 3.05) is 0 Å². The van der Waals surface area contributed by atoms with Crippen LogP contribution in [-0.2, 0) is 6.54 Å². The summed E-state index contributed by atoms with van der Waals surface area (Å²) < 4.78 is 7.42. The molecule has 0 spiro atoms. The van der Waals surface area contributed by atoms with E-state index < -0.39 is 0 Å². The predicted molar refractivity (Wildman–Crippen MR) is 64.6 cm³/mol. The second-order valence-corrected chi connectivity index (χ2v) is 4.21. The molecule has 0 saturated heterocycles. The molecule has 1 atom stereocenters. The average Bonchev–Trinajstić information content (AvgIpc) is 2.84. The average molecular weight is 234 g/mol. The third kappa shape index (κ3) is 1.86. The van der Waals surface area contributed by atoms with Crippen LogP contribution in [0.15, 0.2) is 10.6 Å². The molecule has 5 heteroatoms. The quantitative estimate of drug-likeness (QED) is 0.880. The van der Waals surface area contributed by atoms with Gasteiger partial charge in [-0.25, -0.2) is 4.68 Å². The standard InChI is InChI=1S/C12H18N4O/c1-5-16-10(6-14-15-16)12(13)11-7(2)8(3)17-9(11)4/h6,12H,5,13H2,1-4H3. The largest absolute Gasteiger partial charge is 0.466 e. The predicted octanol–water partition coefficient (Wildman–Crippen LogP) is 1.86. The lowest BCUT2D eigenvalue weighted by Gasteiger charge is -2.12. The van der Waals surface area contributed by atoms with Gasteiger partial charge in [0.25, 0.3) is 0 Å². The lowest BCUT2D eigenvalue weighted by Crippen LogP contribution is -2.18. The second kappa shape index (κ2) is 4.33. The molecule has 0 amide bonds. The number of hydrogen-bond acceptors (Lipinski definition) is 4. The Balaban J connectivity index is 2.47. The Morgan fingerprint density at radius 2 is 2.06 bits per heavy atom. The highest BCUT2D eigenvalue weighted by atomic mass is 16.3. The van der Waals surface area contributed by atoms with Crippen LogP contribution in [0.4, 0.5) is 0 Å². The van der Waals surface area contributed by atoms with Crippen molar-refractivity contribution in [3.63, 3.8) is 0 Å². The van der Waals surface area contributed by atoms with Crippen LogP contribution in [0, 0.1) is 20.8 Å². The minimum absolute atomic E-state index is 0.234. The molecule has 0 saturated carbocycles. The van der Waals surface area contributed by atoms with Crippen LogP contribution in [0.3, 0.4) is 0 Å². The van der Waals surface area contributed by atoms with Gasteiger partial charge in [0, 0.05) is 12.1 Å². The fourth-order valence-corrected chi connectivity index (χ4v) is 2.17. The first-order valence-corrected chi connectivity index (χ1v) is 5.76. The number of aromatic nitrogens is 3. The zero-order chi connectivity index (χ0) is 12.6. The van der Waals surface area contributed by atoms with Gasteiger partial charge >= 0.3 is 0 Å². The maximum atomic E-state index is 6.29. The summed E-state index contributed by atoms with van der Waals surface area (Å²) in [6.07, 6.45) is 1.72. The van der Waals surface area contributed by atoms with Gasteiger partial charge in [-0.05, 0) is 33.3 Å². The Morgan fingerprint density at radius 1 is 1.35 bits per heavy atom. The first-order valence-electron chi connectivity index (χ1n) is 5.76. The van der Waals surface area contributed by atoms with Crippen molar-refractivity contribution >= 4 is 0 Å². The number of furan rings is 1. The summed E-state index contributed by atoms with van der Waals surface area (Å²) in [5.74, 6) is 1.79. The van der Waals surface area contributed by atoms with E-state index in [1.165, 1.54) is 0 Å². The summed E-state index contributed by atoms with van der Waals surface area (Å²) in [6.45, 7) is 8.70. The van der Waals surface area contributed by atoms with Gasteiger partial charge in [0.2, 0.25) is 0 Å². The van der Waals surface area contributed by atoms with Crippen LogP contribution >= 0.6 is 0 Å². The van der Waals surface area contributed by atoms with Crippen LogP contribution in [0.25, 0.3) is 0 Å². The Hall–Kier alpha value is -1.62. The SMILES string of the molecule is CCn1nncc1C(N)c1c(C)oc(C)c1C. The van der Waals surface area contributed by atoms with E-state index in [1.807, 2.05) is 32.4 Å². The number of nitrogens with zero attached hydrogens (tertiary/aromatic N) is 3. The Bertz CT molecular complexity index is 527. The lowest BCUT2D eigenvalue weighted by molar-refractivity contribution is 0.496. The van der Waals surface area contributed by atoms with Crippen LogP contribution in [0.1, 0.15) is 41.3 Å². The molecule has 0 aliphatic heterocycles. The van der Waals surface area contributed by atoms with E-state index in [2.05, 4.69) is 10.3 Å². The Labute approximate surface area is 101 Å². The zero-order valence-electron chi connectivity index (χ0n) is 10.7. The number of nitrogens with two attached hydrogens (primary N) is 1. The summed E-state index contributed by atoms with van der Waals surface area (Å²) in [4.78, 5) is 0. The molecular formula is C12H18N4O. The van der Waals surface area contributed by atoms with Gasteiger partial charge in [0.1, 0.15) is 11.5 Å². The van der Waals surface area contributed by atoms with Gasteiger partial charge in [0.05, 0.1) is 17.9 Å². The van der Waals surface area contributed by atoms with E-state index in [0.29, 0.717) is 0 Å². The van der Waals surface area contributed by atoms with Crippen LogP contribution in [-0.4, -0.2) is 15.0 Å². The fraction of sp³-hybridized carbons (Fsp3) is 0.500. The first kappa shape index (κ1) is 11.9. The molecule has 2 aromatic heterocycles. The molecule has 0 aromatic carbocycles. The van der Waals surface area contributed by atoms with Crippen molar-refractivity contribution in [2.45, 2.75) is 40.3 Å². The molecule has 5 nitrogen and oxygen atoms in total. The molecule has 0 aliphatic rings. The third-order valence-electron chi connectivity index (χ3n) is 3.19. The summed E-state index contributed by atoms with van der Waals surface area (Å²) in [5, 5.41) is 7.91. The minimum Gasteiger partial charge on any atom is -0.466 e. The molecule has 17 heavy (non-hydrogen) atoms. The van der Waals surface area contributed by atoms with E-state index in [0.717, 1.165) is 34.9 Å². The molecule has 1 unspecified atom stereocenters. The van der Waals surface area contributed by atoms with Crippen LogP contribution < -0.4 is 5.73 Å². The summed E-state index contributed by atoms with van der Waals surface area (Å²) in [6, 6.07) is -0.234. The molecule has 0 radical (unpaired) electrons. The third-order valence-corrected chi connectivity index (χ3v) is 3.19. The molecule has 2 aromatic rings. The van der Waals surface area contributed by atoms with Crippen molar-refractivity contribution in [3.8, 4) is 0 Å². The van der Waals surface area contributed by atoms with Crippen LogP contribution in [0.5, 0.6) is 0 Å². The van der Waals surface area contributed by atoms with Gasteiger partial charge in [-0.1, -0.05) is 5.21 Å². The number of rotatable bonds is 3. The normalized spacial score (nSPS) is 13.0. The molecule has 0 fully saturated rings. The second-order valence-electron chi connectivity index (χ2n) is 4.21. The lowest BCUT2D eigenvalue weighted by atomic mass is 10.0. The number of aryl methyl sites for hydroxylation is 3. The molecule has 0 aliphatic carbocycles. The van der Waals surface area contributed by atoms with E-state index in [9.17, 15) is 0 Å². The molecule has 2 heterocycles. The highest BCUT2D eigenvalue weighted by Gasteiger charge is 2.22. The van der Waals surface area contributed by atoms with Gasteiger partial charge in [-0.2, -0.15) is 0 Å². The molecule has 2 N–H and O–H groups in total. The molecule has 2 rings (SSSR count). The van der Waals surface area contributed by atoms with E-state index >= 15 is 0 Å². The first-order chi connectivity index (χ1) is 8.06. The van der Waals surface area contributed by atoms with E-state index in [1.54, 1.807) is 6.20 Å². The van der Waals surface area contributed by atoms with Crippen molar-refractivity contribution < 1.29 is 4.42 Å². The van der Waals surface area contributed by atoms with E-state index in [-0.39, 0.29) is 6.04 Å². The zero-order valence-corrected chi connectivity index (χ0v) is 10.7. The summed E-state index contributed by atoms with van der Waals surface area (Å²) >= 11 is 0. The number of hydrogen-bond donors (Lipinski definition) is 1. The monoisotopic (exact) mass is 234 g/mol. The van der Waals surface area contributed by atoms with Gasteiger partial charge < -0.3 is 10.2 Å². The molecular weight excluding hydrogens is 216 g/mol. The fourth-order valence-electron chi connectivity index (χ4n) is 2.17. The van der Waals surface area contributed by atoms with Crippen LogP contribution in [0.2, 0.25) is 0 Å². The topological polar surface area (TPSA) is 69.9 Å². The maximum absolute atomic E-state index is 6.29. The summed E-state index contributed by atoms with van der Waals surface area (Å²) in [5.41, 5.74) is 9.36. The highest BCUT2D eigenvalue weighted by Crippen LogP contribution is 2.29. The van der Waals surface area contributed by atoms with Gasteiger partial charge in [-0.3, -0.25) is 0 Å². The van der Waals surface area contributed by atoms with Crippen molar-refractivity contribution in [3.05, 3.63) is 34.5 Å². The van der Waals surface area contributed by atoms with Crippen molar-refractivity contribution in [2.24, 2.45) is 5.73 Å². The minimum atomic E-state index is -0.234. The summed E-state index contributed by atoms with van der Waals surface area (Å²) in [7, 11) is 0. The van der Waals surface area contributed by atoms with Crippen molar-refractivity contribution in [1.29, 1.82) is 0 Å². The van der Waals surface area contributed by atoms with Gasteiger partial charge in [-0.15, -0.1) is 5.10 Å². The molecule has 92 valence electrons. The molecule has 0 bridgehead atoms. The van der Waals surface area contributed by atoms with Gasteiger partial charge in [0.15, 0.2) is 0 Å². The Morgan fingerprint density at radius 3 is 2.59 bits per heavy atom. The van der Waals surface area contributed by atoms with E-state index in [4.69, 9.17) is 10.2 Å². The highest BCUT2D eigenvalue weighted by molar-refractivity contribution is 5.37.